The van der Waals surface area contributed by atoms with Crippen molar-refractivity contribution in [1.82, 2.24) is 5.32 Å². The maximum Gasteiger partial charge on any atom is 0.269 e. The van der Waals surface area contributed by atoms with Crippen molar-refractivity contribution < 1.29 is 9.72 Å². The summed E-state index contributed by atoms with van der Waals surface area (Å²) in [6.07, 6.45) is 1.22. The fraction of sp³-hybridized carbons (Fsp3) is 0.500. The van der Waals surface area contributed by atoms with Gasteiger partial charge in [0.05, 0.1) is 4.92 Å². The standard InChI is InChI=1S/C14H21N3O3/c1-11(2)15-10-4-5-14(18)16(3)12-6-8-13(9-7-12)17(19)20/h6-9,11,15H,4-5,10H2,1-3H3. The Kier molecular flexibility index (Phi) is 6.11. The summed E-state index contributed by atoms with van der Waals surface area (Å²) in [5, 5.41) is 13.8. The normalized spacial score (nSPS) is 10.6. The van der Waals surface area contributed by atoms with Crippen molar-refractivity contribution in [1.29, 1.82) is 0 Å². The van der Waals surface area contributed by atoms with Crippen molar-refractivity contribution in [3.8, 4) is 0 Å². The number of carbonyl (C=O) groups excluding carboxylic acids is 1. The Labute approximate surface area is 118 Å². The number of nitrogens with zero attached hydrogens (tertiary/aromatic N) is 2. The van der Waals surface area contributed by atoms with Crippen LogP contribution in [0.2, 0.25) is 0 Å². The highest BCUT2D eigenvalue weighted by Crippen LogP contribution is 2.19. The van der Waals surface area contributed by atoms with Gasteiger partial charge in [0.1, 0.15) is 0 Å². The lowest BCUT2D eigenvalue weighted by Crippen LogP contribution is -2.28. The molecule has 0 aliphatic rings. The molecule has 0 spiro atoms. The van der Waals surface area contributed by atoms with Crippen LogP contribution in [0.15, 0.2) is 24.3 Å². The first-order chi connectivity index (χ1) is 9.41. The molecule has 0 heterocycles. The minimum Gasteiger partial charge on any atom is -0.315 e. The minimum atomic E-state index is -0.455. The van der Waals surface area contributed by atoms with Crippen molar-refractivity contribution in [2.75, 3.05) is 18.5 Å². The fourth-order valence-corrected chi connectivity index (χ4v) is 1.74. The van der Waals surface area contributed by atoms with Crippen LogP contribution >= 0.6 is 0 Å². The molecule has 0 aliphatic carbocycles. The molecule has 0 bridgehead atoms. The van der Waals surface area contributed by atoms with Crippen molar-refractivity contribution in [3.05, 3.63) is 34.4 Å². The smallest absolute Gasteiger partial charge is 0.269 e. The molecule has 1 rings (SSSR count). The maximum absolute atomic E-state index is 12.0. The largest absolute Gasteiger partial charge is 0.315 e. The molecule has 1 aromatic carbocycles. The molecule has 1 aromatic rings. The van der Waals surface area contributed by atoms with E-state index in [0.717, 1.165) is 13.0 Å². The van der Waals surface area contributed by atoms with Gasteiger partial charge < -0.3 is 10.2 Å². The molecular formula is C14H21N3O3. The van der Waals surface area contributed by atoms with Crippen LogP contribution in [0, 0.1) is 10.1 Å². The number of hydrogen-bond donors (Lipinski definition) is 1. The second kappa shape index (κ2) is 7.59. The Morgan fingerprint density at radius 1 is 1.35 bits per heavy atom. The van der Waals surface area contributed by atoms with Gasteiger partial charge in [0.15, 0.2) is 0 Å². The summed E-state index contributed by atoms with van der Waals surface area (Å²) in [5.74, 6) is 0.00408. The number of nitrogens with one attached hydrogen (secondary N) is 1. The third kappa shape index (κ3) is 4.97. The summed E-state index contributed by atoms with van der Waals surface area (Å²) in [6, 6.07) is 6.39. The molecule has 20 heavy (non-hydrogen) atoms. The third-order valence-electron chi connectivity index (χ3n) is 2.94. The lowest BCUT2D eigenvalue weighted by Gasteiger charge is -2.17. The topological polar surface area (TPSA) is 75.5 Å². The second-order valence-electron chi connectivity index (χ2n) is 4.94. The molecule has 0 saturated heterocycles. The molecule has 0 fully saturated rings. The summed E-state index contributed by atoms with van der Waals surface area (Å²) in [6.45, 7) is 4.92. The highest BCUT2D eigenvalue weighted by molar-refractivity contribution is 5.92. The lowest BCUT2D eigenvalue weighted by atomic mass is 10.2. The van der Waals surface area contributed by atoms with Crippen LogP contribution in [-0.4, -0.2) is 30.5 Å². The quantitative estimate of drug-likeness (QED) is 0.472. The van der Waals surface area contributed by atoms with Crippen LogP contribution in [0.1, 0.15) is 26.7 Å². The number of nitro benzene ring substituents is 1. The van der Waals surface area contributed by atoms with E-state index < -0.39 is 4.92 Å². The average Bonchev–Trinajstić information content (AvgIpc) is 2.42. The summed E-state index contributed by atoms with van der Waals surface area (Å²) in [5.41, 5.74) is 0.688. The minimum absolute atomic E-state index is 0.00408. The fourth-order valence-electron chi connectivity index (χ4n) is 1.74. The second-order valence-corrected chi connectivity index (χ2v) is 4.94. The van der Waals surface area contributed by atoms with Crippen LogP contribution in [0.3, 0.4) is 0 Å². The zero-order valence-corrected chi connectivity index (χ0v) is 12.1. The molecule has 0 aliphatic heterocycles. The van der Waals surface area contributed by atoms with Gasteiger partial charge in [0.25, 0.3) is 5.69 Å². The van der Waals surface area contributed by atoms with E-state index in [1.165, 1.54) is 17.0 Å². The first-order valence-electron chi connectivity index (χ1n) is 6.66. The zero-order valence-electron chi connectivity index (χ0n) is 12.1. The average molecular weight is 279 g/mol. The van der Waals surface area contributed by atoms with E-state index >= 15 is 0 Å². The van der Waals surface area contributed by atoms with E-state index in [9.17, 15) is 14.9 Å². The Hall–Kier alpha value is -1.95. The van der Waals surface area contributed by atoms with E-state index in [4.69, 9.17) is 0 Å². The Morgan fingerprint density at radius 3 is 2.45 bits per heavy atom. The van der Waals surface area contributed by atoms with E-state index in [0.29, 0.717) is 18.2 Å². The van der Waals surface area contributed by atoms with Crippen molar-refractivity contribution in [3.63, 3.8) is 0 Å². The third-order valence-corrected chi connectivity index (χ3v) is 2.94. The summed E-state index contributed by atoms with van der Waals surface area (Å²) in [4.78, 5) is 23.6. The van der Waals surface area contributed by atoms with Gasteiger partial charge in [-0.25, -0.2) is 0 Å². The van der Waals surface area contributed by atoms with Crippen LogP contribution in [0.5, 0.6) is 0 Å². The number of rotatable bonds is 7. The Balaban J connectivity index is 2.49. The van der Waals surface area contributed by atoms with Gasteiger partial charge in [-0.3, -0.25) is 14.9 Å². The maximum atomic E-state index is 12.0. The lowest BCUT2D eigenvalue weighted by molar-refractivity contribution is -0.384. The molecule has 6 heteroatoms. The summed E-state index contributed by atoms with van der Waals surface area (Å²) < 4.78 is 0. The van der Waals surface area contributed by atoms with Crippen LogP contribution in [0.25, 0.3) is 0 Å². The number of nitro groups is 1. The summed E-state index contributed by atoms with van der Waals surface area (Å²) in [7, 11) is 1.68. The van der Waals surface area contributed by atoms with Gasteiger partial charge in [0, 0.05) is 37.3 Å². The van der Waals surface area contributed by atoms with E-state index in [2.05, 4.69) is 19.2 Å². The molecule has 0 atom stereocenters. The number of carbonyl (C=O) groups is 1. The predicted molar refractivity (Wildman–Crippen MR) is 78.9 cm³/mol. The van der Waals surface area contributed by atoms with Crippen LogP contribution in [-0.2, 0) is 4.79 Å². The number of hydrogen-bond acceptors (Lipinski definition) is 4. The predicted octanol–water partition coefficient (Wildman–Crippen LogP) is 2.34. The number of anilines is 1. The zero-order chi connectivity index (χ0) is 15.1. The first kappa shape index (κ1) is 16.1. The van der Waals surface area contributed by atoms with Crippen molar-refractivity contribution in [2.45, 2.75) is 32.7 Å². The molecular weight excluding hydrogens is 258 g/mol. The van der Waals surface area contributed by atoms with Crippen LogP contribution in [0.4, 0.5) is 11.4 Å². The molecule has 0 aromatic heterocycles. The first-order valence-corrected chi connectivity index (χ1v) is 6.66. The van der Waals surface area contributed by atoms with E-state index in [1.54, 1.807) is 19.2 Å². The highest BCUT2D eigenvalue weighted by Gasteiger charge is 2.12. The van der Waals surface area contributed by atoms with Gasteiger partial charge in [0.2, 0.25) is 5.91 Å². The van der Waals surface area contributed by atoms with Gasteiger partial charge in [-0.15, -0.1) is 0 Å². The Bertz CT molecular complexity index is 457. The monoisotopic (exact) mass is 279 g/mol. The van der Waals surface area contributed by atoms with Gasteiger partial charge >= 0.3 is 0 Å². The van der Waals surface area contributed by atoms with Gasteiger partial charge in [-0.2, -0.15) is 0 Å². The molecule has 0 radical (unpaired) electrons. The van der Waals surface area contributed by atoms with E-state index in [-0.39, 0.29) is 11.6 Å². The van der Waals surface area contributed by atoms with Gasteiger partial charge in [-0.05, 0) is 25.1 Å². The number of non-ortho nitro benzene ring substituents is 1. The number of benzene rings is 1. The highest BCUT2D eigenvalue weighted by atomic mass is 16.6. The Morgan fingerprint density at radius 2 is 1.95 bits per heavy atom. The molecule has 0 unspecified atom stereocenters. The van der Waals surface area contributed by atoms with Crippen LogP contribution < -0.4 is 10.2 Å². The van der Waals surface area contributed by atoms with E-state index in [1.807, 2.05) is 0 Å². The molecule has 6 nitrogen and oxygen atoms in total. The number of amides is 1. The summed E-state index contributed by atoms with van der Waals surface area (Å²) >= 11 is 0. The molecule has 1 amide bonds. The molecule has 110 valence electrons. The molecule has 1 N–H and O–H groups in total. The molecule has 0 saturated carbocycles. The SMILES string of the molecule is CC(C)NCCCC(=O)N(C)c1ccc([N+](=O)[O-])cc1. The van der Waals surface area contributed by atoms with Crippen molar-refractivity contribution in [2.24, 2.45) is 0 Å². The van der Waals surface area contributed by atoms with Crippen molar-refractivity contribution >= 4 is 17.3 Å². The van der Waals surface area contributed by atoms with Gasteiger partial charge in [-0.1, -0.05) is 13.8 Å².